The van der Waals surface area contributed by atoms with E-state index in [0.717, 1.165) is 0 Å². The molecule has 1 rings (SSSR count). The van der Waals surface area contributed by atoms with Gasteiger partial charge in [0.15, 0.2) is 5.94 Å². The number of hydrogen-bond donors (Lipinski definition) is 1. The first-order valence-electron chi connectivity index (χ1n) is 3.64. The van der Waals surface area contributed by atoms with Crippen LogP contribution in [0.25, 0.3) is 0 Å². The normalized spacial score (nSPS) is 17.6. The average molecular weight is 137 g/mol. The van der Waals surface area contributed by atoms with E-state index in [1.54, 1.807) is 12.1 Å². The molecular weight excluding hydrogens is 126 g/mol. The standard InChI is InChI=1S/C8H11NO/c10-7-3-6-9-8-4-1-2-5-8/h6,8-9H,1-2,4-5H2. The molecule has 0 aliphatic heterocycles. The van der Waals surface area contributed by atoms with E-state index in [0.29, 0.717) is 6.04 Å². The van der Waals surface area contributed by atoms with E-state index in [1.165, 1.54) is 25.7 Å². The van der Waals surface area contributed by atoms with Gasteiger partial charge in [0.2, 0.25) is 0 Å². The highest BCUT2D eigenvalue weighted by Gasteiger charge is 2.11. The van der Waals surface area contributed by atoms with Gasteiger partial charge < -0.3 is 5.32 Å². The number of carbonyl (C=O) groups excluding carboxylic acids is 1. The molecule has 0 unspecified atom stereocenters. The third kappa shape index (κ3) is 2.10. The van der Waals surface area contributed by atoms with Crippen LogP contribution in [0.1, 0.15) is 25.7 Å². The summed E-state index contributed by atoms with van der Waals surface area (Å²) in [5.74, 6) is 1.57. The van der Waals surface area contributed by atoms with Crippen molar-refractivity contribution in [3.63, 3.8) is 0 Å². The van der Waals surface area contributed by atoms with Crippen molar-refractivity contribution in [2.45, 2.75) is 31.7 Å². The smallest absolute Gasteiger partial charge is 0.178 e. The molecule has 0 aromatic heterocycles. The third-order valence-corrected chi connectivity index (χ3v) is 1.81. The van der Waals surface area contributed by atoms with Crippen molar-refractivity contribution in [1.82, 2.24) is 5.32 Å². The Labute approximate surface area is 60.6 Å². The highest BCUT2D eigenvalue weighted by molar-refractivity contribution is 5.43. The summed E-state index contributed by atoms with van der Waals surface area (Å²) < 4.78 is 0. The van der Waals surface area contributed by atoms with Gasteiger partial charge in [0.25, 0.3) is 0 Å². The van der Waals surface area contributed by atoms with Crippen LogP contribution in [0.2, 0.25) is 0 Å². The Morgan fingerprint density at radius 3 is 2.70 bits per heavy atom. The van der Waals surface area contributed by atoms with Crippen molar-refractivity contribution in [2.24, 2.45) is 0 Å². The lowest BCUT2D eigenvalue weighted by Gasteiger charge is -2.05. The Morgan fingerprint density at radius 1 is 1.40 bits per heavy atom. The van der Waals surface area contributed by atoms with Gasteiger partial charge in [0.05, 0.1) is 6.20 Å². The fraction of sp³-hybridized carbons (Fsp3) is 0.625. The molecule has 0 radical (unpaired) electrons. The zero-order valence-electron chi connectivity index (χ0n) is 5.89. The van der Waals surface area contributed by atoms with Crippen LogP contribution in [0, 0.1) is 0 Å². The van der Waals surface area contributed by atoms with Crippen LogP contribution >= 0.6 is 0 Å². The highest BCUT2D eigenvalue weighted by atomic mass is 16.1. The highest BCUT2D eigenvalue weighted by Crippen LogP contribution is 2.17. The van der Waals surface area contributed by atoms with Crippen molar-refractivity contribution in [3.05, 3.63) is 11.9 Å². The largest absolute Gasteiger partial charge is 0.381 e. The summed E-state index contributed by atoms with van der Waals surface area (Å²) in [5.41, 5.74) is 2.33. The summed E-state index contributed by atoms with van der Waals surface area (Å²) in [6, 6.07) is 0.570. The molecular formula is C8H11NO. The topological polar surface area (TPSA) is 29.1 Å². The minimum atomic E-state index is 0.570. The quantitative estimate of drug-likeness (QED) is 0.454. The van der Waals surface area contributed by atoms with Crippen molar-refractivity contribution >= 4 is 5.94 Å². The van der Waals surface area contributed by atoms with Crippen molar-refractivity contribution in [1.29, 1.82) is 0 Å². The molecule has 1 saturated carbocycles. The molecule has 0 amide bonds. The fourth-order valence-electron chi connectivity index (χ4n) is 1.28. The molecule has 2 nitrogen and oxygen atoms in total. The number of hydrogen-bond acceptors (Lipinski definition) is 2. The molecule has 1 N–H and O–H groups in total. The van der Waals surface area contributed by atoms with Crippen LogP contribution in [0.5, 0.6) is 0 Å². The van der Waals surface area contributed by atoms with Crippen LogP contribution in [0.15, 0.2) is 11.9 Å². The first kappa shape index (κ1) is 7.14. The molecule has 2 heteroatoms. The van der Waals surface area contributed by atoms with Crippen LogP contribution in [0.4, 0.5) is 0 Å². The fourth-order valence-corrected chi connectivity index (χ4v) is 1.28. The first-order chi connectivity index (χ1) is 4.93. The lowest BCUT2D eigenvalue weighted by atomic mass is 10.3. The summed E-state index contributed by atoms with van der Waals surface area (Å²) in [6.45, 7) is 0. The molecule has 1 fully saturated rings. The molecule has 0 heterocycles. The summed E-state index contributed by atoms with van der Waals surface area (Å²) in [7, 11) is 0. The van der Waals surface area contributed by atoms with Gasteiger partial charge in [0.1, 0.15) is 0 Å². The molecule has 0 bridgehead atoms. The van der Waals surface area contributed by atoms with E-state index < -0.39 is 0 Å². The maximum absolute atomic E-state index is 9.67. The molecule has 1 aliphatic carbocycles. The van der Waals surface area contributed by atoms with Crippen molar-refractivity contribution < 1.29 is 4.79 Å². The van der Waals surface area contributed by atoms with Crippen LogP contribution in [-0.4, -0.2) is 12.0 Å². The Morgan fingerprint density at radius 2 is 2.10 bits per heavy atom. The van der Waals surface area contributed by atoms with Crippen LogP contribution < -0.4 is 5.32 Å². The lowest BCUT2D eigenvalue weighted by molar-refractivity contribution is 0.569. The molecule has 0 aromatic carbocycles. The maximum Gasteiger partial charge on any atom is 0.178 e. The second-order valence-corrected chi connectivity index (χ2v) is 2.54. The molecule has 0 aromatic rings. The second kappa shape index (κ2) is 3.94. The lowest BCUT2D eigenvalue weighted by Crippen LogP contribution is -2.19. The second-order valence-electron chi connectivity index (χ2n) is 2.54. The van der Waals surface area contributed by atoms with Crippen molar-refractivity contribution in [3.8, 4) is 0 Å². The van der Waals surface area contributed by atoms with E-state index >= 15 is 0 Å². The summed E-state index contributed by atoms with van der Waals surface area (Å²) in [4.78, 5) is 9.67. The van der Waals surface area contributed by atoms with Gasteiger partial charge >= 0.3 is 0 Å². The van der Waals surface area contributed by atoms with Gasteiger partial charge in [-0.25, -0.2) is 4.79 Å². The van der Waals surface area contributed by atoms with E-state index in [4.69, 9.17) is 0 Å². The first-order valence-corrected chi connectivity index (χ1v) is 3.64. The van der Waals surface area contributed by atoms with E-state index in [-0.39, 0.29) is 0 Å². The molecule has 54 valence electrons. The van der Waals surface area contributed by atoms with Gasteiger partial charge in [-0.3, -0.25) is 0 Å². The zero-order valence-corrected chi connectivity index (χ0v) is 5.89. The van der Waals surface area contributed by atoms with E-state index in [1.807, 2.05) is 0 Å². The Bertz CT molecular complexity index is 170. The summed E-state index contributed by atoms with van der Waals surface area (Å²) in [5, 5.41) is 3.08. The zero-order chi connectivity index (χ0) is 7.23. The van der Waals surface area contributed by atoms with Gasteiger partial charge in [-0.2, -0.15) is 0 Å². The monoisotopic (exact) mass is 137 g/mol. The summed E-state index contributed by atoms with van der Waals surface area (Å²) in [6.07, 6.45) is 6.60. The van der Waals surface area contributed by atoms with Crippen LogP contribution in [0.3, 0.4) is 0 Å². The summed E-state index contributed by atoms with van der Waals surface area (Å²) >= 11 is 0. The SMILES string of the molecule is O=C=C=CNC1CCCC1. The van der Waals surface area contributed by atoms with Gasteiger partial charge in [0, 0.05) is 6.04 Å². The number of rotatable bonds is 2. The predicted molar refractivity (Wildman–Crippen MR) is 39.2 cm³/mol. The van der Waals surface area contributed by atoms with Crippen LogP contribution in [-0.2, 0) is 4.79 Å². The third-order valence-electron chi connectivity index (χ3n) is 1.81. The average Bonchev–Trinajstić information content (AvgIpc) is 2.41. The molecule has 10 heavy (non-hydrogen) atoms. The van der Waals surface area contributed by atoms with E-state index in [2.05, 4.69) is 11.0 Å². The number of nitrogens with one attached hydrogen (secondary N) is 1. The van der Waals surface area contributed by atoms with Gasteiger partial charge in [-0.05, 0) is 18.6 Å². The van der Waals surface area contributed by atoms with Crippen molar-refractivity contribution in [2.75, 3.05) is 0 Å². The van der Waals surface area contributed by atoms with E-state index in [9.17, 15) is 4.79 Å². The Kier molecular flexibility index (Phi) is 2.82. The Balaban J connectivity index is 2.24. The molecule has 1 aliphatic rings. The predicted octanol–water partition coefficient (Wildman–Crippen LogP) is 1.02. The Hall–Kier alpha value is -0.970. The maximum atomic E-state index is 9.67. The van der Waals surface area contributed by atoms with Gasteiger partial charge in [-0.15, -0.1) is 0 Å². The molecule has 0 atom stereocenters. The van der Waals surface area contributed by atoms with Gasteiger partial charge in [-0.1, -0.05) is 12.8 Å². The molecule has 0 spiro atoms. The minimum absolute atomic E-state index is 0.570. The minimum Gasteiger partial charge on any atom is -0.381 e. The molecule has 0 saturated heterocycles.